The molecule has 68 valence electrons. The molecule has 0 aliphatic rings. The highest BCUT2D eigenvalue weighted by molar-refractivity contribution is 7.07. The Balaban J connectivity index is 0.000000145. The third kappa shape index (κ3) is 3.57. The van der Waals surface area contributed by atoms with Crippen LogP contribution in [0, 0.1) is 0 Å². The van der Waals surface area contributed by atoms with Gasteiger partial charge in [-0.3, -0.25) is 4.98 Å². The number of rotatable bonds is 0. The summed E-state index contributed by atoms with van der Waals surface area (Å²) in [6, 6.07) is 6.15. The standard InChI is InChI=1S/C6H6O2.C3H3NS/c7-5-3-1-2-4-6(5)8;1-2-5-3-4-1/h1-4,7-8H;1-3H. The van der Waals surface area contributed by atoms with Gasteiger partial charge in [-0.05, 0) is 12.1 Å². The van der Waals surface area contributed by atoms with Gasteiger partial charge in [-0.1, -0.05) is 12.1 Å². The number of phenols is 2. The van der Waals surface area contributed by atoms with Crippen molar-refractivity contribution in [2.45, 2.75) is 0 Å². The second kappa shape index (κ2) is 5.16. The average molecular weight is 195 g/mol. The number of nitrogens with zero attached hydrogens (tertiary/aromatic N) is 1. The fourth-order valence-corrected chi connectivity index (χ4v) is 0.991. The maximum absolute atomic E-state index is 8.67. The van der Waals surface area contributed by atoms with Crippen molar-refractivity contribution in [3.05, 3.63) is 41.4 Å². The van der Waals surface area contributed by atoms with Crippen molar-refractivity contribution < 1.29 is 10.2 Å². The predicted molar refractivity (Wildman–Crippen MR) is 51.9 cm³/mol. The highest BCUT2D eigenvalue weighted by atomic mass is 32.1. The fraction of sp³-hybridized carbons (Fsp3) is 0. The van der Waals surface area contributed by atoms with Crippen LogP contribution < -0.4 is 0 Å². The first-order chi connectivity index (χ1) is 6.30. The zero-order chi connectivity index (χ0) is 9.52. The molecule has 4 heteroatoms. The number of thiazole rings is 1. The summed E-state index contributed by atoms with van der Waals surface area (Å²) < 4.78 is 0. The zero-order valence-electron chi connectivity index (χ0n) is 6.79. The van der Waals surface area contributed by atoms with Gasteiger partial charge < -0.3 is 10.2 Å². The van der Waals surface area contributed by atoms with Crippen molar-refractivity contribution in [2.75, 3.05) is 0 Å². The van der Waals surface area contributed by atoms with Crippen molar-refractivity contribution in [1.29, 1.82) is 0 Å². The van der Waals surface area contributed by atoms with Crippen molar-refractivity contribution in [2.24, 2.45) is 0 Å². The van der Waals surface area contributed by atoms with Gasteiger partial charge in [0.1, 0.15) is 0 Å². The number of aromatic hydroxyl groups is 2. The van der Waals surface area contributed by atoms with E-state index in [-0.39, 0.29) is 11.5 Å². The Morgan fingerprint density at radius 3 is 1.92 bits per heavy atom. The van der Waals surface area contributed by atoms with Crippen LogP contribution in [-0.2, 0) is 0 Å². The highest BCUT2D eigenvalue weighted by Gasteiger charge is 1.90. The molecule has 1 aromatic heterocycles. The lowest BCUT2D eigenvalue weighted by Crippen LogP contribution is -1.63. The molecule has 2 rings (SSSR count). The van der Waals surface area contributed by atoms with Crippen LogP contribution in [-0.4, -0.2) is 15.2 Å². The van der Waals surface area contributed by atoms with Crippen molar-refractivity contribution in [1.82, 2.24) is 4.98 Å². The molecule has 0 spiro atoms. The van der Waals surface area contributed by atoms with E-state index in [2.05, 4.69) is 4.98 Å². The molecular formula is C9H9NO2S. The Hall–Kier alpha value is -1.55. The minimum atomic E-state index is -0.0764. The second-order valence-electron chi connectivity index (χ2n) is 2.16. The van der Waals surface area contributed by atoms with Crippen LogP contribution in [0.25, 0.3) is 0 Å². The lowest BCUT2D eigenvalue weighted by Gasteiger charge is -1.91. The topological polar surface area (TPSA) is 53.4 Å². The van der Waals surface area contributed by atoms with E-state index in [0.29, 0.717) is 0 Å². The van der Waals surface area contributed by atoms with Gasteiger partial charge in [-0.2, -0.15) is 0 Å². The molecule has 0 radical (unpaired) electrons. The van der Waals surface area contributed by atoms with E-state index in [4.69, 9.17) is 10.2 Å². The van der Waals surface area contributed by atoms with Crippen LogP contribution in [0.1, 0.15) is 0 Å². The van der Waals surface area contributed by atoms with Gasteiger partial charge >= 0.3 is 0 Å². The number of hydrogen-bond acceptors (Lipinski definition) is 4. The molecule has 0 aliphatic carbocycles. The van der Waals surface area contributed by atoms with E-state index in [1.165, 1.54) is 12.1 Å². The molecule has 0 aliphatic heterocycles. The molecular weight excluding hydrogens is 186 g/mol. The number of para-hydroxylation sites is 2. The van der Waals surface area contributed by atoms with Crippen molar-refractivity contribution in [3.63, 3.8) is 0 Å². The third-order valence-electron chi connectivity index (χ3n) is 1.23. The zero-order valence-corrected chi connectivity index (χ0v) is 7.61. The summed E-state index contributed by atoms with van der Waals surface area (Å²) >= 11 is 1.60. The number of hydrogen-bond donors (Lipinski definition) is 2. The Morgan fingerprint density at radius 2 is 1.69 bits per heavy atom. The molecule has 0 unspecified atom stereocenters. The van der Waals surface area contributed by atoms with Crippen molar-refractivity contribution >= 4 is 11.3 Å². The monoisotopic (exact) mass is 195 g/mol. The van der Waals surface area contributed by atoms with Crippen LogP contribution in [0.15, 0.2) is 41.4 Å². The first-order valence-electron chi connectivity index (χ1n) is 3.60. The van der Waals surface area contributed by atoms with E-state index in [1.54, 1.807) is 35.2 Å². The van der Waals surface area contributed by atoms with Crippen LogP contribution in [0.3, 0.4) is 0 Å². The van der Waals surface area contributed by atoms with Gasteiger partial charge in [0, 0.05) is 11.6 Å². The maximum atomic E-state index is 8.67. The molecule has 1 aromatic carbocycles. The van der Waals surface area contributed by atoms with Gasteiger partial charge in [0.05, 0.1) is 5.51 Å². The van der Waals surface area contributed by atoms with Gasteiger partial charge in [-0.15, -0.1) is 11.3 Å². The molecule has 0 bridgehead atoms. The Labute approximate surface area is 79.9 Å². The van der Waals surface area contributed by atoms with E-state index < -0.39 is 0 Å². The first-order valence-corrected chi connectivity index (χ1v) is 4.54. The Kier molecular flexibility index (Phi) is 3.78. The molecule has 0 amide bonds. The quantitative estimate of drug-likeness (QED) is 0.634. The number of aromatic nitrogens is 1. The molecule has 2 N–H and O–H groups in total. The smallest absolute Gasteiger partial charge is 0.157 e. The normalized spacial score (nSPS) is 8.62. The fourth-order valence-electron chi connectivity index (χ4n) is 0.640. The highest BCUT2D eigenvalue weighted by Crippen LogP contribution is 2.21. The van der Waals surface area contributed by atoms with Crippen LogP contribution in [0.2, 0.25) is 0 Å². The van der Waals surface area contributed by atoms with Gasteiger partial charge in [0.15, 0.2) is 11.5 Å². The lowest BCUT2D eigenvalue weighted by atomic mass is 10.3. The first kappa shape index (κ1) is 9.54. The largest absolute Gasteiger partial charge is 0.504 e. The minimum absolute atomic E-state index is 0.0764. The molecule has 13 heavy (non-hydrogen) atoms. The predicted octanol–water partition coefficient (Wildman–Crippen LogP) is 2.24. The second-order valence-corrected chi connectivity index (χ2v) is 2.92. The maximum Gasteiger partial charge on any atom is 0.157 e. The van der Waals surface area contributed by atoms with E-state index >= 15 is 0 Å². The SMILES string of the molecule is Oc1ccccc1O.c1cscn1. The van der Waals surface area contributed by atoms with Crippen molar-refractivity contribution in [3.8, 4) is 11.5 Å². The molecule has 0 saturated heterocycles. The van der Waals surface area contributed by atoms with Crippen LogP contribution in [0.4, 0.5) is 0 Å². The van der Waals surface area contributed by atoms with E-state index in [9.17, 15) is 0 Å². The number of benzene rings is 1. The summed E-state index contributed by atoms with van der Waals surface area (Å²) in [6.07, 6.45) is 1.77. The van der Waals surface area contributed by atoms with Gasteiger partial charge in [-0.25, -0.2) is 0 Å². The van der Waals surface area contributed by atoms with Gasteiger partial charge in [0.2, 0.25) is 0 Å². The Morgan fingerprint density at radius 1 is 1.08 bits per heavy atom. The molecule has 1 heterocycles. The summed E-state index contributed by atoms with van der Waals surface area (Å²) in [5.74, 6) is -0.153. The molecule has 2 aromatic rings. The summed E-state index contributed by atoms with van der Waals surface area (Å²) in [6.45, 7) is 0. The van der Waals surface area contributed by atoms with Gasteiger partial charge in [0.25, 0.3) is 0 Å². The molecule has 3 nitrogen and oxygen atoms in total. The lowest BCUT2D eigenvalue weighted by molar-refractivity contribution is 0.404. The summed E-state index contributed by atoms with van der Waals surface area (Å²) in [5, 5.41) is 19.3. The minimum Gasteiger partial charge on any atom is -0.504 e. The summed E-state index contributed by atoms with van der Waals surface area (Å²) in [4.78, 5) is 3.74. The molecule has 0 saturated carbocycles. The van der Waals surface area contributed by atoms with Crippen LogP contribution in [0.5, 0.6) is 11.5 Å². The Bertz CT molecular complexity index is 297. The number of phenolic OH excluding ortho intramolecular Hbond substituents is 2. The van der Waals surface area contributed by atoms with E-state index in [0.717, 1.165) is 0 Å². The average Bonchev–Trinajstić information content (AvgIpc) is 2.68. The molecule has 0 atom stereocenters. The summed E-state index contributed by atoms with van der Waals surface area (Å²) in [5.41, 5.74) is 1.79. The summed E-state index contributed by atoms with van der Waals surface area (Å²) in [7, 11) is 0. The van der Waals surface area contributed by atoms with Crippen LogP contribution >= 0.6 is 11.3 Å². The van der Waals surface area contributed by atoms with E-state index in [1.807, 2.05) is 5.38 Å². The molecule has 0 fully saturated rings. The third-order valence-corrected chi connectivity index (χ3v) is 1.75.